The number of aromatic nitrogens is 5. The fourth-order valence-electron chi connectivity index (χ4n) is 2.82. The molecule has 114 valence electrons. The predicted molar refractivity (Wildman–Crippen MR) is 76.4 cm³/mol. The van der Waals surface area contributed by atoms with Crippen LogP contribution in [0.2, 0.25) is 0 Å². The van der Waals surface area contributed by atoms with E-state index in [9.17, 15) is 0 Å². The van der Waals surface area contributed by atoms with Gasteiger partial charge in [-0.3, -0.25) is 9.58 Å². The van der Waals surface area contributed by atoms with Crippen molar-refractivity contribution < 1.29 is 4.52 Å². The zero-order chi connectivity index (χ0) is 14.5. The van der Waals surface area contributed by atoms with Crippen LogP contribution in [-0.2, 0) is 19.5 Å². The van der Waals surface area contributed by atoms with Gasteiger partial charge in [0.25, 0.3) is 0 Å². The van der Waals surface area contributed by atoms with Gasteiger partial charge in [-0.05, 0) is 25.8 Å². The lowest BCUT2D eigenvalue weighted by Gasteiger charge is -2.22. The van der Waals surface area contributed by atoms with Crippen molar-refractivity contribution in [3.63, 3.8) is 0 Å². The number of rotatable bonds is 7. The summed E-state index contributed by atoms with van der Waals surface area (Å²) in [4.78, 5) is 10.9. The van der Waals surface area contributed by atoms with E-state index in [-0.39, 0.29) is 0 Å². The van der Waals surface area contributed by atoms with E-state index < -0.39 is 0 Å². The first-order chi connectivity index (χ1) is 10.3. The van der Waals surface area contributed by atoms with Crippen molar-refractivity contribution in [2.24, 2.45) is 0 Å². The molecule has 1 aliphatic heterocycles. The van der Waals surface area contributed by atoms with Gasteiger partial charge < -0.3 is 4.52 Å². The molecule has 3 rings (SSSR count). The molecule has 0 radical (unpaired) electrons. The average Bonchev–Trinajstić information content (AvgIpc) is 3.21. The second-order valence-electron chi connectivity index (χ2n) is 5.59. The lowest BCUT2D eigenvalue weighted by molar-refractivity contribution is 0.191. The molecule has 0 aromatic carbocycles. The van der Waals surface area contributed by atoms with Gasteiger partial charge in [-0.15, -0.1) is 0 Å². The van der Waals surface area contributed by atoms with Crippen LogP contribution in [0.3, 0.4) is 0 Å². The fraction of sp³-hybridized carbons (Fsp3) is 0.714. The molecule has 0 saturated carbocycles. The van der Waals surface area contributed by atoms with Crippen molar-refractivity contribution >= 4 is 0 Å². The molecule has 2 aromatic heterocycles. The van der Waals surface area contributed by atoms with Crippen LogP contribution >= 0.6 is 0 Å². The number of aryl methyl sites for hydroxylation is 1. The van der Waals surface area contributed by atoms with Gasteiger partial charge >= 0.3 is 0 Å². The summed E-state index contributed by atoms with van der Waals surface area (Å²) < 4.78 is 7.26. The van der Waals surface area contributed by atoms with Crippen LogP contribution in [0.4, 0.5) is 0 Å². The third kappa shape index (κ3) is 3.66. The Morgan fingerprint density at radius 2 is 2.38 bits per heavy atom. The number of likely N-dealkylation sites (tertiary alicyclic amines) is 1. The molecular weight excluding hydrogens is 268 g/mol. The zero-order valence-corrected chi connectivity index (χ0v) is 12.5. The largest absolute Gasteiger partial charge is 0.338 e. The van der Waals surface area contributed by atoms with E-state index in [2.05, 4.69) is 32.0 Å². The van der Waals surface area contributed by atoms with Crippen molar-refractivity contribution in [2.75, 3.05) is 6.54 Å². The third-order valence-corrected chi connectivity index (χ3v) is 3.97. The lowest BCUT2D eigenvalue weighted by atomic mass is 10.2. The average molecular weight is 290 g/mol. The number of hydrogen-bond donors (Lipinski definition) is 0. The first-order valence-electron chi connectivity index (χ1n) is 7.73. The summed E-state index contributed by atoms with van der Waals surface area (Å²) in [6, 6.07) is 0.470. The molecule has 1 aliphatic rings. The third-order valence-electron chi connectivity index (χ3n) is 3.97. The summed E-state index contributed by atoms with van der Waals surface area (Å²) in [5.41, 5.74) is 0. The Kier molecular flexibility index (Phi) is 4.59. The molecule has 2 aromatic rings. The fourth-order valence-corrected chi connectivity index (χ4v) is 2.82. The summed E-state index contributed by atoms with van der Waals surface area (Å²) in [5.74, 6) is 1.56. The maximum Gasteiger partial charge on any atom is 0.240 e. The van der Waals surface area contributed by atoms with E-state index in [1.165, 1.54) is 12.8 Å². The predicted octanol–water partition coefficient (Wildman–Crippen LogP) is 1.67. The molecule has 0 N–H and O–H groups in total. The molecule has 0 bridgehead atoms. The highest BCUT2D eigenvalue weighted by Gasteiger charge is 2.26. The molecular formula is C14H22N6O. The van der Waals surface area contributed by atoms with E-state index in [0.29, 0.717) is 6.04 Å². The topological polar surface area (TPSA) is 72.9 Å². The van der Waals surface area contributed by atoms with E-state index in [4.69, 9.17) is 4.52 Å². The first kappa shape index (κ1) is 14.2. The van der Waals surface area contributed by atoms with E-state index in [1.54, 1.807) is 12.7 Å². The van der Waals surface area contributed by atoms with E-state index in [1.807, 2.05) is 4.68 Å². The molecule has 7 heteroatoms. The highest BCUT2D eigenvalue weighted by Crippen LogP contribution is 2.20. The van der Waals surface area contributed by atoms with Gasteiger partial charge in [-0.25, -0.2) is 4.98 Å². The number of unbranched alkanes of at least 4 members (excludes halogenated alkanes) is 1. The Hall–Kier alpha value is -1.76. The molecule has 21 heavy (non-hydrogen) atoms. The van der Waals surface area contributed by atoms with Crippen LogP contribution in [0.15, 0.2) is 17.2 Å². The lowest BCUT2D eigenvalue weighted by Crippen LogP contribution is -2.32. The zero-order valence-electron chi connectivity index (χ0n) is 12.5. The molecule has 0 amide bonds. The van der Waals surface area contributed by atoms with Crippen LogP contribution in [0.25, 0.3) is 0 Å². The van der Waals surface area contributed by atoms with Crippen molar-refractivity contribution in [1.82, 2.24) is 29.8 Å². The summed E-state index contributed by atoms with van der Waals surface area (Å²) in [6.45, 7) is 4.85. The highest BCUT2D eigenvalue weighted by molar-refractivity contribution is 4.89. The maximum atomic E-state index is 5.37. The van der Waals surface area contributed by atoms with Gasteiger partial charge in [0, 0.05) is 12.5 Å². The van der Waals surface area contributed by atoms with Crippen molar-refractivity contribution in [3.8, 4) is 0 Å². The minimum absolute atomic E-state index is 0.470. The Bertz CT molecular complexity index is 537. The second-order valence-corrected chi connectivity index (χ2v) is 5.59. The molecule has 1 saturated heterocycles. The highest BCUT2D eigenvalue weighted by atomic mass is 16.5. The molecule has 1 fully saturated rings. The van der Waals surface area contributed by atoms with Crippen LogP contribution in [0, 0.1) is 0 Å². The minimum Gasteiger partial charge on any atom is -0.338 e. The molecule has 0 unspecified atom stereocenters. The van der Waals surface area contributed by atoms with Crippen molar-refractivity contribution in [1.29, 1.82) is 0 Å². The molecule has 1 atom stereocenters. The number of nitrogens with zero attached hydrogens (tertiary/aromatic N) is 6. The van der Waals surface area contributed by atoms with Crippen molar-refractivity contribution in [3.05, 3.63) is 24.4 Å². The Morgan fingerprint density at radius 3 is 3.19 bits per heavy atom. The second kappa shape index (κ2) is 6.80. The minimum atomic E-state index is 0.470. The summed E-state index contributed by atoms with van der Waals surface area (Å²) in [5, 5.41) is 8.24. The Morgan fingerprint density at radius 1 is 1.43 bits per heavy atom. The van der Waals surface area contributed by atoms with Crippen LogP contribution in [-0.4, -0.2) is 42.4 Å². The van der Waals surface area contributed by atoms with Gasteiger partial charge in [-0.2, -0.15) is 10.1 Å². The summed E-state index contributed by atoms with van der Waals surface area (Å²) >= 11 is 0. The molecule has 3 heterocycles. The summed E-state index contributed by atoms with van der Waals surface area (Å²) in [7, 11) is 0. The Labute approximate surface area is 124 Å². The van der Waals surface area contributed by atoms with Crippen molar-refractivity contribution in [2.45, 2.75) is 58.2 Å². The summed E-state index contributed by atoms with van der Waals surface area (Å²) in [6.07, 6.45) is 8.90. The molecule has 0 spiro atoms. The van der Waals surface area contributed by atoms with E-state index >= 15 is 0 Å². The van der Waals surface area contributed by atoms with Crippen LogP contribution < -0.4 is 0 Å². The molecule has 7 nitrogen and oxygen atoms in total. The first-order valence-corrected chi connectivity index (χ1v) is 7.73. The van der Waals surface area contributed by atoms with Gasteiger partial charge in [0.2, 0.25) is 5.89 Å². The Balaban J connectivity index is 1.56. The van der Waals surface area contributed by atoms with Crippen LogP contribution in [0.5, 0.6) is 0 Å². The molecule has 0 aliphatic carbocycles. The van der Waals surface area contributed by atoms with Gasteiger partial charge in [0.1, 0.15) is 12.7 Å². The smallest absolute Gasteiger partial charge is 0.240 e. The number of hydrogen-bond acceptors (Lipinski definition) is 6. The van der Waals surface area contributed by atoms with Gasteiger partial charge in [0.05, 0.1) is 13.1 Å². The van der Waals surface area contributed by atoms with Gasteiger partial charge in [-0.1, -0.05) is 18.5 Å². The monoisotopic (exact) mass is 290 g/mol. The normalized spacial score (nSPS) is 19.4. The van der Waals surface area contributed by atoms with Gasteiger partial charge in [0.15, 0.2) is 5.82 Å². The quantitative estimate of drug-likeness (QED) is 0.772. The van der Waals surface area contributed by atoms with Crippen LogP contribution in [0.1, 0.15) is 44.3 Å². The van der Waals surface area contributed by atoms with E-state index in [0.717, 1.165) is 50.6 Å². The maximum absolute atomic E-state index is 5.37. The standard InChI is InChI=1S/C14H22N6O/c1-2-3-6-13-17-14(21-18-13)9-19-7-4-5-12(19)8-20-11-15-10-16-20/h10-12H,2-9H2,1H3/t12-/m0/s1. The SMILES string of the molecule is CCCCc1noc(CN2CCC[C@H]2Cn2cncn2)n1.